The maximum absolute atomic E-state index is 13.3. The van der Waals surface area contributed by atoms with Crippen LogP contribution in [0.1, 0.15) is 27.9 Å². The average molecular weight is 471 g/mol. The van der Waals surface area contributed by atoms with Gasteiger partial charge in [0, 0.05) is 33.3 Å². The number of rotatable bonds is 6. The molecular weight excluding hydrogens is 455 g/mol. The smallest absolute Gasteiger partial charge is 0.269 e. The summed E-state index contributed by atoms with van der Waals surface area (Å²) in [5.74, 6) is -1.19. The summed E-state index contributed by atoms with van der Waals surface area (Å²) in [6.07, 6.45) is -0.534. The number of nitrogens with zero attached hydrogens (tertiary/aromatic N) is 2. The minimum Gasteiger partial charge on any atom is -0.375 e. The van der Waals surface area contributed by atoms with Crippen molar-refractivity contribution in [2.45, 2.75) is 18.6 Å². The van der Waals surface area contributed by atoms with Crippen molar-refractivity contribution in [3.63, 3.8) is 0 Å². The van der Waals surface area contributed by atoms with Gasteiger partial charge >= 0.3 is 0 Å². The number of carbonyl (C=O) groups is 2. The molecule has 7 nitrogen and oxygen atoms in total. The number of non-ortho nitro benzene ring substituents is 1. The molecule has 1 N–H and O–H groups in total. The number of nitro benzene ring substituents is 1. The van der Waals surface area contributed by atoms with Gasteiger partial charge in [0.15, 0.2) is 11.4 Å². The van der Waals surface area contributed by atoms with Crippen molar-refractivity contribution in [1.29, 1.82) is 0 Å². The SMILES string of the molecule is O=C(C[C@@]1(O)C(=O)N(Cc2ccc(Cl)cc2)c2ccc(Cl)cc21)c1ccc([N+](=O)[O-])cc1. The molecule has 9 heteroatoms. The van der Waals surface area contributed by atoms with E-state index in [1.54, 1.807) is 36.4 Å². The monoisotopic (exact) mass is 470 g/mol. The van der Waals surface area contributed by atoms with Crippen LogP contribution in [0, 0.1) is 10.1 Å². The fourth-order valence-electron chi connectivity index (χ4n) is 3.73. The Kier molecular flexibility index (Phi) is 5.73. The third kappa shape index (κ3) is 3.98. The lowest BCUT2D eigenvalue weighted by molar-refractivity contribution is -0.384. The summed E-state index contributed by atoms with van der Waals surface area (Å²) in [5.41, 5.74) is -0.659. The Bertz CT molecular complexity index is 1230. The van der Waals surface area contributed by atoms with Crippen LogP contribution in [0.25, 0.3) is 0 Å². The summed E-state index contributed by atoms with van der Waals surface area (Å²) >= 11 is 12.1. The summed E-state index contributed by atoms with van der Waals surface area (Å²) in [4.78, 5) is 37.9. The second kappa shape index (κ2) is 8.35. The third-order valence-corrected chi connectivity index (χ3v) is 5.85. The molecule has 0 aromatic heterocycles. The predicted octanol–water partition coefficient (Wildman–Crippen LogP) is 4.91. The van der Waals surface area contributed by atoms with E-state index in [0.29, 0.717) is 15.7 Å². The maximum atomic E-state index is 13.3. The van der Waals surface area contributed by atoms with Gasteiger partial charge in [0.1, 0.15) is 0 Å². The summed E-state index contributed by atoms with van der Waals surface area (Å²) in [6, 6.07) is 16.6. The minimum absolute atomic E-state index is 0.150. The molecule has 0 fully saturated rings. The molecule has 4 rings (SSSR count). The molecule has 0 bridgehead atoms. The third-order valence-electron chi connectivity index (χ3n) is 5.36. The van der Waals surface area contributed by atoms with Gasteiger partial charge in [0.25, 0.3) is 11.6 Å². The molecule has 1 aliphatic rings. The number of Topliss-reactive ketones (excluding diaryl/α,β-unsaturated/α-hetero) is 1. The van der Waals surface area contributed by atoms with E-state index in [1.165, 1.54) is 35.2 Å². The summed E-state index contributed by atoms with van der Waals surface area (Å²) in [6.45, 7) is 0.165. The number of halogens is 2. The Labute approximate surface area is 193 Å². The van der Waals surface area contributed by atoms with E-state index in [1.807, 2.05) is 0 Å². The topological polar surface area (TPSA) is 101 Å². The average Bonchev–Trinajstić information content (AvgIpc) is 2.96. The first-order valence-corrected chi connectivity index (χ1v) is 10.3. The molecule has 1 heterocycles. The van der Waals surface area contributed by atoms with Crippen LogP contribution >= 0.6 is 23.2 Å². The van der Waals surface area contributed by atoms with Gasteiger partial charge in [0.05, 0.1) is 23.6 Å². The van der Waals surface area contributed by atoms with E-state index in [-0.39, 0.29) is 23.4 Å². The first kappa shape index (κ1) is 22.0. The van der Waals surface area contributed by atoms with Crippen molar-refractivity contribution in [2.24, 2.45) is 0 Å². The zero-order valence-electron chi connectivity index (χ0n) is 16.5. The Balaban J connectivity index is 1.67. The Hall–Kier alpha value is -3.26. The molecule has 0 spiro atoms. The quantitative estimate of drug-likeness (QED) is 0.313. The summed E-state index contributed by atoms with van der Waals surface area (Å²) in [7, 11) is 0. The second-order valence-corrected chi connectivity index (χ2v) is 8.32. The Morgan fingerprint density at radius 3 is 2.25 bits per heavy atom. The summed E-state index contributed by atoms with van der Waals surface area (Å²) < 4.78 is 0. The number of fused-ring (bicyclic) bond motifs is 1. The van der Waals surface area contributed by atoms with Gasteiger partial charge in [0.2, 0.25) is 0 Å². The predicted molar refractivity (Wildman–Crippen MR) is 120 cm³/mol. The largest absolute Gasteiger partial charge is 0.375 e. The zero-order chi connectivity index (χ0) is 23.0. The molecule has 0 aliphatic carbocycles. The molecule has 1 amide bonds. The van der Waals surface area contributed by atoms with Gasteiger partial charge < -0.3 is 10.0 Å². The highest BCUT2D eigenvalue weighted by Crippen LogP contribution is 2.44. The number of benzene rings is 3. The van der Waals surface area contributed by atoms with E-state index in [4.69, 9.17) is 23.2 Å². The van der Waals surface area contributed by atoms with Crippen LogP contribution < -0.4 is 4.90 Å². The van der Waals surface area contributed by atoms with Gasteiger partial charge in [-0.3, -0.25) is 19.7 Å². The van der Waals surface area contributed by atoms with Gasteiger partial charge in [-0.05, 0) is 48.0 Å². The zero-order valence-corrected chi connectivity index (χ0v) is 18.0. The van der Waals surface area contributed by atoms with Crippen LogP contribution in [0.5, 0.6) is 0 Å². The summed E-state index contributed by atoms with van der Waals surface area (Å²) in [5, 5.41) is 23.1. The molecular formula is C23H16Cl2N2O5. The molecule has 0 radical (unpaired) electrons. The van der Waals surface area contributed by atoms with E-state index >= 15 is 0 Å². The first-order chi connectivity index (χ1) is 15.2. The van der Waals surface area contributed by atoms with E-state index in [9.17, 15) is 24.8 Å². The van der Waals surface area contributed by atoms with E-state index < -0.39 is 28.6 Å². The van der Waals surface area contributed by atoms with Crippen LogP contribution in [0.4, 0.5) is 11.4 Å². The fraction of sp³-hybridized carbons (Fsp3) is 0.130. The van der Waals surface area contributed by atoms with Gasteiger partial charge in [-0.1, -0.05) is 35.3 Å². The highest BCUT2D eigenvalue weighted by molar-refractivity contribution is 6.31. The molecule has 0 saturated carbocycles. The van der Waals surface area contributed by atoms with Gasteiger partial charge in [-0.25, -0.2) is 0 Å². The second-order valence-electron chi connectivity index (χ2n) is 7.44. The van der Waals surface area contributed by atoms with Crippen LogP contribution in [0.15, 0.2) is 66.7 Å². The fourth-order valence-corrected chi connectivity index (χ4v) is 4.02. The van der Waals surface area contributed by atoms with E-state index in [0.717, 1.165) is 5.56 Å². The highest BCUT2D eigenvalue weighted by Gasteiger charge is 2.51. The normalized spacial score (nSPS) is 17.3. The molecule has 162 valence electrons. The number of hydrogen-bond donors (Lipinski definition) is 1. The highest BCUT2D eigenvalue weighted by atomic mass is 35.5. The Morgan fingerprint density at radius 1 is 1.00 bits per heavy atom. The van der Waals surface area contributed by atoms with Crippen molar-refractivity contribution < 1.29 is 19.6 Å². The lowest BCUT2D eigenvalue weighted by Gasteiger charge is -2.23. The van der Waals surface area contributed by atoms with Crippen molar-refractivity contribution in [2.75, 3.05) is 4.90 Å². The number of amides is 1. The van der Waals surface area contributed by atoms with Crippen LogP contribution in [-0.4, -0.2) is 21.7 Å². The lowest BCUT2D eigenvalue weighted by atomic mass is 9.88. The number of aliphatic hydroxyl groups is 1. The lowest BCUT2D eigenvalue weighted by Crippen LogP contribution is -2.41. The molecule has 3 aromatic rings. The molecule has 1 aliphatic heterocycles. The Morgan fingerprint density at radius 2 is 1.62 bits per heavy atom. The molecule has 32 heavy (non-hydrogen) atoms. The number of hydrogen-bond acceptors (Lipinski definition) is 5. The van der Waals surface area contributed by atoms with Crippen molar-refractivity contribution in [3.8, 4) is 0 Å². The van der Waals surface area contributed by atoms with Crippen LogP contribution in [0.3, 0.4) is 0 Å². The van der Waals surface area contributed by atoms with Crippen LogP contribution in [-0.2, 0) is 16.9 Å². The number of ketones is 1. The number of carbonyl (C=O) groups excluding carboxylic acids is 2. The molecule has 3 aromatic carbocycles. The van der Waals surface area contributed by atoms with Gasteiger partial charge in [-0.15, -0.1) is 0 Å². The van der Waals surface area contributed by atoms with Crippen molar-refractivity contribution in [1.82, 2.24) is 0 Å². The van der Waals surface area contributed by atoms with Crippen molar-refractivity contribution >= 4 is 46.3 Å². The van der Waals surface area contributed by atoms with Crippen molar-refractivity contribution in [3.05, 3.63) is 104 Å². The standard InChI is InChI=1S/C23H16Cl2N2O5/c24-16-5-1-14(2-6-16)13-26-20-10-7-17(25)11-19(20)23(30,22(26)29)12-21(28)15-3-8-18(9-4-15)27(31)32/h1-11,30H,12-13H2/t23-/m0/s1. The molecule has 1 atom stereocenters. The maximum Gasteiger partial charge on any atom is 0.269 e. The molecule has 0 unspecified atom stereocenters. The van der Waals surface area contributed by atoms with E-state index in [2.05, 4.69) is 0 Å². The minimum atomic E-state index is -2.12. The number of anilines is 1. The van der Waals surface area contributed by atoms with Gasteiger partial charge in [-0.2, -0.15) is 0 Å². The van der Waals surface area contributed by atoms with Crippen LogP contribution in [0.2, 0.25) is 10.0 Å². The molecule has 0 saturated heterocycles. The number of nitro groups is 1. The first-order valence-electron chi connectivity index (χ1n) is 9.55.